The van der Waals surface area contributed by atoms with Crippen LogP contribution in [-0.2, 0) is 9.84 Å². The fourth-order valence-electron chi connectivity index (χ4n) is 3.01. The maximum Gasteiger partial charge on any atom is 0.175 e. The van der Waals surface area contributed by atoms with Gasteiger partial charge in [-0.25, -0.2) is 26.6 Å². The van der Waals surface area contributed by atoms with E-state index >= 15 is 4.39 Å². The Balaban J connectivity index is 2.13. The second kappa shape index (κ2) is 9.44. The van der Waals surface area contributed by atoms with Crippen molar-refractivity contribution in [3.63, 3.8) is 0 Å². The number of hydrogen-bond acceptors (Lipinski definition) is 5. The molecule has 0 unspecified atom stereocenters. The van der Waals surface area contributed by atoms with E-state index in [-0.39, 0.29) is 27.6 Å². The molecule has 0 heterocycles. The van der Waals surface area contributed by atoms with Crippen LogP contribution in [0.25, 0.3) is 11.1 Å². The van der Waals surface area contributed by atoms with Gasteiger partial charge < -0.3 is 10.8 Å². The van der Waals surface area contributed by atoms with E-state index in [0.29, 0.717) is 11.1 Å². The monoisotopic (exact) mass is 488 g/mol. The van der Waals surface area contributed by atoms with Gasteiger partial charge in [0.15, 0.2) is 21.5 Å². The number of nitrogens with two attached hydrogens (primary N) is 1. The summed E-state index contributed by atoms with van der Waals surface area (Å²) in [6.07, 6.45) is 2.23. The third kappa shape index (κ3) is 5.73. The first kappa shape index (κ1) is 25.2. The van der Waals surface area contributed by atoms with Crippen molar-refractivity contribution in [1.29, 1.82) is 0 Å². The summed E-state index contributed by atoms with van der Waals surface area (Å²) >= 11 is 0. The Hall–Kier alpha value is -3.43. The van der Waals surface area contributed by atoms with Crippen LogP contribution in [0.4, 0.5) is 18.9 Å². The highest BCUT2D eigenvalue weighted by Crippen LogP contribution is 2.29. The standard InChI is InChI=1S/C25H23F3N2O3S/c1-25(2,31)23(29)14-22(18-8-5-9-19(26)24(18)28)30-21-11-10-16(13-20(21)27)15-6-4-7-17(12-15)34(3,32)33/h4-14,31H,29H2,1-3H3/b23-14-,30-22?. The van der Waals surface area contributed by atoms with Crippen LogP contribution in [0.2, 0.25) is 0 Å². The second-order valence-corrected chi connectivity index (χ2v) is 10.2. The predicted octanol–water partition coefficient (Wildman–Crippen LogP) is 4.91. The number of halogens is 3. The molecule has 0 aliphatic heterocycles. The molecule has 0 aromatic heterocycles. The van der Waals surface area contributed by atoms with Crippen molar-refractivity contribution >= 4 is 21.2 Å². The number of rotatable bonds is 6. The Labute approximate surface area is 196 Å². The van der Waals surface area contributed by atoms with Gasteiger partial charge in [-0.2, -0.15) is 0 Å². The Morgan fingerprint density at radius 2 is 1.62 bits per heavy atom. The molecule has 0 amide bonds. The van der Waals surface area contributed by atoms with Crippen molar-refractivity contribution in [3.05, 3.63) is 95.5 Å². The van der Waals surface area contributed by atoms with Gasteiger partial charge in [0, 0.05) is 17.5 Å². The van der Waals surface area contributed by atoms with Gasteiger partial charge in [0.25, 0.3) is 0 Å². The maximum atomic E-state index is 15.0. The first-order chi connectivity index (χ1) is 15.8. The van der Waals surface area contributed by atoms with Gasteiger partial charge in [0.05, 0.1) is 21.9 Å². The zero-order valence-electron chi connectivity index (χ0n) is 18.7. The molecule has 0 atom stereocenters. The Kier molecular flexibility index (Phi) is 6.99. The molecule has 0 radical (unpaired) electrons. The zero-order valence-corrected chi connectivity index (χ0v) is 19.5. The molecule has 34 heavy (non-hydrogen) atoms. The topological polar surface area (TPSA) is 92.8 Å². The van der Waals surface area contributed by atoms with Crippen LogP contribution in [0.1, 0.15) is 19.4 Å². The fraction of sp³-hybridized carbons (Fsp3) is 0.160. The molecular weight excluding hydrogens is 465 g/mol. The van der Waals surface area contributed by atoms with E-state index in [1.54, 1.807) is 12.1 Å². The molecule has 0 aliphatic carbocycles. The van der Waals surface area contributed by atoms with E-state index in [9.17, 15) is 22.3 Å². The molecule has 3 aromatic rings. The van der Waals surface area contributed by atoms with E-state index in [1.807, 2.05) is 0 Å². The number of nitrogens with zero attached hydrogens (tertiary/aromatic N) is 1. The van der Waals surface area contributed by atoms with E-state index in [1.165, 1.54) is 50.2 Å². The molecule has 9 heteroatoms. The minimum absolute atomic E-state index is 0.0867. The van der Waals surface area contributed by atoms with E-state index in [4.69, 9.17) is 5.73 Å². The van der Waals surface area contributed by atoms with Crippen molar-refractivity contribution in [3.8, 4) is 11.1 Å². The SMILES string of the molecule is CC(C)(O)/C(N)=C/C(=Nc1ccc(-c2cccc(S(C)(=O)=O)c2)cc1F)c1cccc(F)c1F. The zero-order chi connectivity index (χ0) is 25.3. The summed E-state index contributed by atoms with van der Waals surface area (Å²) < 4.78 is 67.0. The number of benzene rings is 3. The van der Waals surface area contributed by atoms with Crippen LogP contribution in [0.5, 0.6) is 0 Å². The third-order valence-corrected chi connectivity index (χ3v) is 6.12. The summed E-state index contributed by atoms with van der Waals surface area (Å²) in [6, 6.07) is 13.5. The first-order valence-electron chi connectivity index (χ1n) is 10.1. The molecule has 178 valence electrons. The summed E-state index contributed by atoms with van der Waals surface area (Å²) in [4.78, 5) is 4.23. The number of sulfone groups is 1. The Morgan fingerprint density at radius 1 is 0.971 bits per heavy atom. The van der Waals surface area contributed by atoms with E-state index in [0.717, 1.165) is 24.5 Å². The summed E-state index contributed by atoms with van der Waals surface area (Å²) in [5.41, 5.74) is 4.52. The smallest absolute Gasteiger partial charge is 0.175 e. The molecule has 0 spiro atoms. The van der Waals surface area contributed by atoms with Gasteiger partial charge in [-0.3, -0.25) is 0 Å². The van der Waals surface area contributed by atoms with E-state index < -0.39 is 32.9 Å². The van der Waals surface area contributed by atoms with Gasteiger partial charge in [0.1, 0.15) is 5.82 Å². The lowest BCUT2D eigenvalue weighted by Gasteiger charge is -2.18. The van der Waals surface area contributed by atoms with Crippen molar-refractivity contribution in [2.75, 3.05) is 6.26 Å². The van der Waals surface area contributed by atoms with Gasteiger partial charge in [-0.05, 0) is 67.4 Å². The Morgan fingerprint density at radius 3 is 2.24 bits per heavy atom. The lowest BCUT2D eigenvalue weighted by Crippen LogP contribution is -2.28. The quantitative estimate of drug-likeness (QED) is 0.483. The van der Waals surface area contributed by atoms with Crippen molar-refractivity contribution in [2.45, 2.75) is 24.3 Å². The van der Waals surface area contributed by atoms with Gasteiger partial charge in [-0.1, -0.05) is 24.3 Å². The summed E-state index contributed by atoms with van der Waals surface area (Å²) in [7, 11) is -3.45. The minimum atomic E-state index is -3.45. The highest BCUT2D eigenvalue weighted by Gasteiger charge is 2.20. The van der Waals surface area contributed by atoms with Crippen LogP contribution < -0.4 is 5.73 Å². The molecule has 0 aliphatic rings. The van der Waals surface area contributed by atoms with Crippen molar-refractivity contribution < 1.29 is 26.7 Å². The highest BCUT2D eigenvalue weighted by molar-refractivity contribution is 7.90. The lowest BCUT2D eigenvalue weighted by atomic mass is 10.0. The summed E-state index contributed by atoms with van der Waals surface area (Å²) in [5, 5.41) is 10.1. The largest absolute Gasteiger partial charge is 0.400 e. The molecule has 3 rings (SSSR count). The van der Waals surface area contributed by atoms with Crippen LogP contribution in [-0.4, -0.2) is 31.1 Å². The minimum Gasteiger partial charge on any atom is -0.400 e. The Bertz CT molecular complexity index is 1410. The number of aliphatic imine (C=N–C) groups is 1. The highest BCUT2D eigenvalue weighted by atomic mass is 32.2. The molecule has 0 saturated carbocycles. The predicted molar refractivity (Wildman–Crippen MR) is 126 cm³/mol. The number of allylic oxidation sites excluding steroid dienone is 1. The van der Waals surface area contributed by atoms with Crippen LogP contribution in [0, 0.1) is 17.5 Å². The van der Waals surface area contributed by atoms with Gasteiger partial charge in [0.2, 0.25) is 0 Å². The maximum absolute atomic E-state index is 15.0. The van der Waals surface area contributed by atoms with Crippen LogP contribution >= 0.6 is 0 Å². The van der Waals surface area contributed by atoms with Crippen LogP contribution in [0.15, 0.2) is 82.3 Å². The molecule has 3 N–H and O–H groups in total. The first-order valence-corrected chi connectivity index (χ1v) is 12.0. The average Bonchev–Trinajstić information content (AvgIpc) is 2.75. The lowest BCUT2D eigenvalue weighted by molar-refractivity contribution is 0.118. The molecule has 0 saturated heterocycles. The third-order valence-electron chi connectivity index (χ3n) is 5.01. The number of hydrogen-bond donors (Lipinski definition) is 2. The molecule has 5 nitrogen and oxygen atoms in total. The van der Waals surface area contributed by atoms with Gasteiger partial charge in [-0.15, -0.1) is 0 Å². The normalized spacial score (nSPS) is 13.3. The summed E-state index contributed by atoms with van der Waals surface area (Å²) in [6.45, 7) is 2.80. The van der Waals surface area contributed by atoms with E-state index in [2.05, 4.69) is 4.99 Å². The fourth-order valence-corrected chi connectivity index (χ4v) is 3.68. The molecule has 3 aromatic carbocycles. The number of aliphatic hydroxyl groups is 1. The second-order valence-electron chi connectivity index (χ2n) is 8.22. The molecule has 0 fully saturated rings. The van der Waals surface area contributed by atoms with Crippen molar-refractivity contribution in [1.82, 2.24) is 0 Å². The van der Waals surface area contributed by atoms with Crippen molar-refractivity contribution in [2.24, 2.45) is 10.7 Å². The summed E-state index contributed by atoms with van der Waals surface area (Å²) in [5.74, 6) is -3.11. The van der Waals surface area contributed by atoms with Gasteiger partial charge >= 0.3 is 0 Å². The molecule has 0 bridgehead atoms. The average molecular weight is 489 g/mol. The van der Waals surface area contributed by atoms with Crippen LogP contribution in [0.3, 0.4) is 0 Å². The molecular formula is C25H23F3N2O3S.